The van der Waals surface area contributed by atoms with E-state index < -0.39 is 91.2 Å². The number of nitrogens with one attached hydrogen (secondary N) is 1. The molecule has 5 saturated carbocycles. The van der Waals surface area contributed by atoms with Gasteiger partial charge in [-0.05, 0) is 74.5 Å². The van der Waals surface area contributed by atoms with Crippen LogP contribution in [-0.2, 0) is 19.0 Å². The van der Waals surface area contributed by atoms with Crippen LogP contribution in [0.25, 0.3) is 0 Å². The van der Waals surface area contributed by atoms with E-state index in [0.717, 1.165) is 12.8 Å². The second-order valence-electron chi connectivity index (χ2n) is 14.6. The lowest BCUT2D eigenvalue weighted by Crippen LogP contribution is -2.71. The van der Waals surface area contributed by atoms with Crippen LogP contribution in [0.2, 0.25) is 0 Å². The Hall–Kier alpha value is -1.52. The maximum Gasteiger partial charge on any atom is 0.241 e. The molecule has 3 aliphatic heterocycles. The minimum absolute atomic E-state index is 0.0367. The van der Waals surface area contributed by atoms with Gasteiger partial charge in [-0.1, -0.05) is 0 Å². The van der Waals surface area contributed by atoms with E-state index in [9.17, 15) is 50.9 Å². The average molecular weight is 626 g/mol. The maximum absolute atomic E-state index is 14.5. The molecule has 3 heterocycles. The first-order chi connectivity index (χ1) is 20.9. The summed E-state index contributed by atoms with van der Waals surface area (Å²) in [5.41, 5.74) is -1.58. The first-order valence-corrected chi connectivity index (χ1v) is 15.7. The number of ether oxygens (including phenoxy) is 3. The third-order valence-corrected chi connectivity index (χ3v) is 11.5. The molecule has 15 heteroatoms. The molecular weight excluding hydrogens is 582 g/mol. The number of hydrogen-bond acceptors (Lipinski definition) is 14. The molecule has 18 atom stereocenters. The van der Waals surface area contributed by atoms with Crippen LogP contribution in [0, 0.1) is 34.5 Å². The molecule has 0 aromatic heterocycles. The van der Waals surface area contributed by atoms with Crippen molar-refractivity contribution in [3.8, 4) is 6.07 Å². The van der Waals surface area contributed by atoms with Crippen LogP contribution >= 0.6 is 0 Å². The van der Waals surface area contributed by atoms with Crippen molar-refractivity contribution in [3.05, 3.63) is 0 Å². The Morgan fingerprint density at radius 3 is 2.30 bits per heavy atom. The fourth-order valence-electron chi connectivity index (χ4n) is 9.82. The number of amides is 1. The third-order valence-electron chi connectivity index (χ3n) is 11.5. The Kier molecular flexibility index (Phi) is 7.80. The molecule has 5 aliphatic carbocycles. The van der Waals surface area contributed by atoms with Crippen molar-refractivity contribution >= 4 is 5.91 Å². The Morgan fingerprint density at radius 2 is 1.66 bits per heavy atom. The van der Waals surface area contributed by atoms with Crippen LogP contribution in [0.15, 0.2) is 0 Å². The van der Waals surface area contributed by atoms with E-state index in [1.807, 2.05) is 0 Å². The zero-order chi connectivity index (χ0) is 31.3. The second-order valence-corrected chi connectivity index (χ2v) is 14.6. The number of aliphatic hydroxyl groups is 8. The van der Waals surface area contributed by atoms with Crippen molar-refractivity contribution in [2.45, 2.75) is 137 Å². The lowest BCUT2D eigenvalue weighted by Gasteiger charge is -2.62. The number of nitriles is 1. The Balaban J connectivity index is 1.15. The third kappa shape index (κ3) is 4.99. The topological polar surface area (TPSA) is 246 Å². The Morgan fingerprint density at radius 1 is 0.955 bits per heavy atom. The fraction of sp³-hybridized carbons (Fsp3) is 0.931. The standard InChI is InChI=1S/C29H43N3O12/c30-8-14-2-13-3-15(13)32(14)25(39)23(28-4-11-1-12(5-28)7-29(41,6-11)10-28)31-24-19(36)18(35)22(16(9-33)42-24)43-27-21(38)17(34)20(37)26(40)44-27/h11-24,26-27,31,33-38,40-41H,1-7,9-10H2/t11-,12+,13-,14+,15+,16+,17-,18+,19+,20+,21+,22?,23-,24?,26-,27?,28?,29?/m0/s1. The molecule has 246 valence electrons. The summed E-state index contributed by atoms with van der Waals surface area (Å²) in [7, 11) is 0. The maximum atomic E-state index is 14.5. The predicted molar refractivity (Wildman–Crippen MR) is 143 cm³/mol. The van der Waals surface area contributed by atoms with E-state index in [-0.39, 0.29) is 29.7 Å². The van der Waals surface area contributed by atoms with Gasteiger partial charge in [0.15, 0.2) is 12.6 Å². The summed E-state index contributed by atoms with van der Waals surface area (Å²) in [5.74, 6) is 0.440. The van der Waals surface area contributed by atoms with E-state index in [1.165, 1.54) is 0 Å². The molecule has 8 fully saturated rings. The molecule has 9 N–H and O–H groups in total. The molecule has 0 radical (unpaired) electrons. The molecule has 5 unspecified atom stereocenters. The minimum atomic E-state index is -1.91. The van der Waals surface area contributed by atoms with Gasteiger partial charge in [0.2, 0.25) is 5.91 Å². The molecule has 44 heavy (non-hydrogen) atoms. The number of likely N-dealkylation sites (tertiary alicyclic amines) is 1. The van der Waals surface area contributed by atoms with Crippen molar-refractivity contribution in [3.63, 3.8) is 0 Å². The number of carbonyl (C=O) groups is 1. The van der Waals surface area contributed by atoms with Crippen molar-refractivity contribution < 1.29 is 59.9 Å². The molecule has 8 rings (SSSR count). The van der Waals surface area contributed by atoms with Gasteiger partial charge in [-0.2, -0.15) is 5.26 Å². The highest BCUT2D eigenvalue weighted by molar-refractivity contribution is 5.85. The van der Waals surface area contributed by atoms with E-state index >= 15 is 0 Å². The lowest BCUT2D eigenvalue weighted by atomic mass is 9.46. The van der Waals surface area contributed by atoms with E-state index in [0.29, 0.717) is 38.5 Å². The van der Waals surface area contributed by atoms with E-state index in [1.54, 1.807) is 4.90 Å². The lowest BCUT2D eigenvalue weighted by molar-refractivity contribution is -0.368. The highest BCUT2D eigenvalue weighted by Gasteiger charge is 2.64. The van der Waals surface area contributed by atoms with Gasteiger partial charge in [-0.3, -0.25) is 10.1 Å². The number of aliphatic hydroxyl groups excluding tert-OH is 7. The highest BCUT2D eigenvalue weighted by Crippen LogP contribution is 2.63. The summed E-state index contributed by atoms with van der Waals surface area (Å²) in [6.45, 7) is -0.719. The predicted octanol–water partition coefficient (Wildman–Crippen LogP) is -3.63. The Labute approximate surface area is 253 Å². The van der Waals surface area contributed by atoms with Gasteiger partial charge in [0, 0.05) is 6.04 Å². The zero-order valence-corrected chi connectivity index (χ0v) is 24.2. The average Bonchev–Trinajstić information content (AvgIpc) is 3.63. The van der Waals surface area contributed by atoms with Crippen LogP contribution < -0.4 is 5.32 Å². The molecule has 4 bridgehead atoms. The molecule has 0 spiro atoms. The summed E-state index contributed by atoms with van der Waals surface area (Å²) in [5, 5.41) is 97.2. The van der Waals surface area contributed by atoms with E-state index in [4.69, 9.17) is 14.2 Å². The summed E-state index contributed by atoms with van der Waals surface area (Å²) < 4.78 is 16.6. The van der Waals surface area contributed by atoms with Crippen molar-refractivity contribution in [2.75, 3.05) is 6.61 Å². The molecule has 3 saturated heterocycles. The number of piperidine rings is 1. The number of nitrogens with zero attached hydrogens (tertiary/aromatic N) is 2. The normalized spacial score (nSPS) is 55.0. The van der Waals surface area contributed by atoms with Crippen molar-refractivity contribution in [1.29, 1.82) is 5.26 Å². The van der Waals surface area contributed by atoms with Gasteiger partial charge in [0.1, 0.15) is 55.0 Å². The van der Waals surface area contributed by atoms with Gasteiger partial charge in [-0.15, -0.1) is 0 Å². The molecule has 15 nitrogen and oxygen atoms in total. The molecule has 8 aliphatic rings. The SMILES string of the molecule is N#C[C@H]1C[C@H]2C[C@H]2N1C(=O)[C@H](NC1O[C@H](CO)C(OC2O[C@H](O)[C@H](O)[C@H](O)[C@H]2O)[C@H](O)[C@H]1O)C12C[C@@H]3C[C@@H](CC(O)(C3)C1)C2. The summed E-state index contributed by atoms with van der Waals surface area (Å²) in [6, 6.07) is 0.693. The summed E-state index contributed by atoms with van der Waals surface area (Å²) in [6.07, 6.45) is -11.3. The van der Waals surface area contributed by atoms with Gasteiger partial charge >= 0.3 is 0 Å². The first-order valence-electron chi connectivity index (χ1n) is 15.7. The Bertz CT molecular complexity index is 1150. The van der Waals surface area contributed by atoms with Gasteiger partial charge in [-0.25, -0.2) is 0 Å². The van der Waals surface area contributed by atoms with E-state index in [2.05, 4.69) is 11.4 Å². The molecule has 0 aromatic rings. The number of rotatable bonds is 7. The number of hydrogen-bond donors (Lipinski definition) is 9. The minimum Gasteiger partial charge on any atom is -0.394 e. The van der Waals surface area contributed by atoms with Crippen molar-refractivity contribution in [2.24, 2.45) is 23.2 Å². The van der Waals surface area contributed by atoms with Crippen LogP contribution in [0.5, 0.6) is 0 Å². The van der Waals surface area contributed by atoms with Crippen molar-refractivity contribution in [1.82, 2.24) is 10.2 Å². The smallest absolute Gasteiger partial charge is 0.241 e. The molecule has 1 amide bonds. The van der Waals surface area contributed by atoms with Crippen LogP contribution in [0.3, 0.4) is 0 Å². The highest BCUT2D eigenvalue weighted by atomic mass is 16.8. The summed E-state index contributed by atoms with van der Waals surface area (Å²) >= 11 is 0. The monoisotopic (exact) mass is 625 g/mol. The number of carbonyl (C=O) groups excluding carboxylic acids is 1. The van der Waals surface area contributed by atoms with Gasteiger partial charge in [0.25, 0.3) is 0 Å². The fourth-order valence-corrected chi connectivity index (χ4v) is 9.82. The largest absolute Gasteiger partial charge is 0.394 e. The van der Waals surface area contributed by atoms with Crippen LogP contribution in [-0.4, -0.2) is 144 Å². The van der Waals surface area contributed by atoms with Gasteiger partial charge in [0.05, 0.1) is 24.3 Å². The molecule has 0 aromatic carbocycles. The first kappa shape index (κ1) is 31.1. The van der Waals surface area contributed by atoms with Crippen LogP contribution in [0.4, 0.5) is 0 Å². The van der Waals surface area contributed by atoms with Gasteiger partial charge < -0.3 is 60.0 Å². The zero-order valence-electron chi connectivity index (χ0n) is 24.2. The second kappa shape index (κ2) is 11.0. The van der Waals surface area contributed by atoms with Crippen LogP contribution in [0.1, 0.15) is 51.4 Å². The quantitative estimate of drug-likeness (QED) is 0.133. The number of fused-ring (bicyclic) bond motifs is 1. The summed E-state index contributed by atoms with van der Waals surface area (Å²) in [4.78, 5) is 16.1. The molecular formula is C29H43N3O12.